The first-order valence-electron chi connectivity index (χ1n) is 10.6. The number of fused-ring (bicyclic) bond motifs is 3. The lowest BCUT2D eigenvalue weighted by Crippen LogP contribution is -2.17. The highest BCUT2D eigenvalue weighted by molar-refractivity contribution is 5.73. The quantitative estimate of drug-likeness (QED) is 0.424. The van der Waals surface area contributed by atoms with Crippen LogP contribution in [0.5, 0.6) is 5.75 Å². The van der Waals surface area contributed by atoms with Crippen LogP contribution >= 0.6 is 0 Å². The Kier molecular flexibility index (Phi) is 7.13. The second-order valence-electron chi connectivity index (χ2n) is 8.17. The first-order valence-corrected chi connectivity index (χ1v) is 10.6. The molecule has 1 amide bonds. The molecule has 5 atom stereocenters. The van der Waals surface area contributed by atoms with Crippen molar-refractivity contribution in [3.8, 4) is 5.75 Å². The Morgan fingerprint density at radius 3 is 2.93 bits per heavy atom. The van der Waals surface area contributed by atoms with E-state index in [1.165, 1.54) is 0 Å². The van der Waals surface area contributed by atoms with Crippen molar-refractivity contribution in [2.75, 3.05) is 0 Å². The molecule has 1 heterocycles. The molecule has 4 N–H and O–H groups in total. The van der Waals surface area contributed by atoms with Crippen LogP contribution in [0, 0.1) is 5.92 Å². The number of carbonyl (C=O) groups is 1. The van der Waals surface area contributed by atoms with Crippen LogP contribution in [-0.4, -0.2) is 34.4 Å². The van der Waals surface area contributed by atoms with Gasteiger partial charge in [-0.15, -0.1) is 0 Å². The van der Waals surface area contributed by atoms with E-state index < -0.39 is 12.2 Å². The number of ether oxygens (including phenoxy) is 1. The van der Waals surface area contributed by atoms with Gasteiger partial charge in [-0.3, -0.25) is 4.79 Å². The number of rotatable bonds is 10. The van der Waals surface area contributed by atoms with Crippen molar-refractivity contribution in [2.24, 2.45) is 11.7 Å². The summed E-state index contributed by atoms with van der Waals surface area (Å²) in [4.78, 5) is 11.0. The van der Waals surface area contributed by atoms with Gasteiger partial charge >= 0.3 is 0 Å². The lowest BCUT2D eigenvalue weighted by Gasteiger charge is -2.18. The van der Waals surface area contributed by atoms with Gasteiger partial charge in [0.15, 0.2) is 0 Å². The zero-order valence-corrected chi connectivity index (χ0v) is 16.7. The van der Waals surface area contributed by atoms with Gasteiger partial charge in [0.25, 0.3) is 0 Å². The maximum Gasteiger partial charge on any atom is 0.217 e. The molecule has 3 rings (SSSR count). The molecular formula is C23H33NO4. The number of aryl methyl sites for hydroxylation is 1. The van der Waals surface area contributed by atoms with Crippen LogP contribution in [0.25, 0.3) is 0 Å². The first kappa shape index (κ1) is 20.9. The zero-order chi connectivity index (χ0) is 20.1. The van der Waals surface area contributed by atoms with Gasteiger partial charge in [0.1, 0.15) is 11.9 Å². The zero-order valence-electron chi connectivity index (χ0n) is 16.7. The van der Waals surface area contributed by atoms with E-state index in [2.05, 4.69) is 13.0 Å². The van der Waals surface area contributed by atoms with Crippen LogP contribution in [-0.2, 0) is 11.2 Å². The number of benzene rings is 1. The molecule has 1 aliphatic carbocycles. The van der Waals surface area contributed by atoms with Crippen molar-refractivity contribution in [1.29, 1.82) is 0 Å². The summed E-state index contributed by atoms with van der Waals surface area (Å²) in [6.07, 6.45) is 9.36. The minimum Gasteiger partial charge on any atom is -0.489 e. The second kappa shape index (κ2) is 9.57. The minimum absolute atomic E-state index is 0.0332. The number of nitrogens with two attached hydrogens (primary N) is 1. The summed E-state index contributed by atoms with van der Waals surface area (Å²) >= 11 is 0. The van der Waals surface area contributed by atoms with Gasteiger partial charge in [0.05, 0.1) is 12.2 Å². The van der Waals surface area contributed by atoms with Crippen LogP contribution in [0.2, 0.25) is 0 Å². The molecule has 28 heavy (non-hydrogen) atoms. The van der Waals surface area contributed by atoms with Gasteiger partial charge in [-0.2, -0.15) is 0 Å². The third-order valence-electron chi connectivity index (χ3n) is 6.02. The van der Waals surface area contributed by atoms with E-state index in [1.54, 1.807) is 0 Å². The molecule has 0 radical (unpaired) electrons. The van der Waals surface area contributed by atoms with Gasteiger partial charge in [-0.1, -0.05) is 56.5 Å². The smallest absolute Gasteiger partial charge is 0.217 e. The summed E-state index contributed by atoms with van der Waals surface area (Å²) in [5.74, 6) is 0.695. The lowest BCUT2D eigenvalue weighted by atomic mass is 9.86. The number of unbranched alkanes of at least 4 members (excludes halogenated alkanes) is 2. The SMILES string of the molecule is CCCCC[C@H](O)C=C[C@@H]1[C@H]2c3cccc(CCCC(N)=O)c3O[C@H]2C[C@H]1O. The van der Waals surface area contributed by atoms with Crippen molar-refractivity contribution < 1.29 is 19.7 Å². The van der Waals surface area contributed by atoms with Crippen molar-refractivity contribution in [3.05, 3.63) is 41.5 Å². The van der Waals surface area contributed by atoms with Crippen molar-refractivity contribution in [2.45, 2.75) is 82.5 Å². The van der Waals surface area contributed by atoms with Crippen LogP contribution in [0.1, 0.15) is 68.9 Å². The summed E-state index contributed by atoms with van der Waals surface area (Å²) < 4.78 is 6.23. The Bertz CT molecular complexity index is 702. The largest absolute Gasteiger partial charge is 0.489 e. The summed E-state index contributed by atoms with van der Waals surface area (Å²) in [6, 6.07) is 6.14. The summed E-state index contributed by atoms with van der Waals surface area (Å²) in [5.41, 5.74) is 7.48. The van der Waals surface area contributed by atoms with E-state index in [1.807, 2.05) is 24.3 Å². The standard InChI is InChI=1S/C23H33NO4/c1-2-3-4-9-16(25)12-13-17-19(26)14-20-22(17)18-10-5-7-15(23(18)28-20)8-6-11-21(24)27/h5,7,10,12-13,16-17,19-20,22,25-26H,2-4,6,8-9,11,14H2,1H3,(H2,24,27)/t16-,17-,19+,20-,22-/m0/s1. The maximum atomic E-state index is 11.0. The number of hydrogen-bond acceptors (Lipinski definition) is 4. The molecule has 2 aliphatic rings. The van der Waals surface area contributed by atoms with E-state index in [4.69, 9.17) is 10.5 Å². The van der Waals surface area contributed by atoms with E-state index in [0.29, 0.717) is 19.3 Å². The number of para-hydroxylation sites is 1. The fraction of sp³-hybridized carbons (Fsp3) is 0.609. The average molecular weight is 388 g/mol. The Hall–Kier alpha value is -1.85. The Labute approximate surface area is 167 Å². The van der Waals surface area contributed by atoms with Crippen molar-refractivity contribution in [1.82, 2.24) is 0 Å². The Balaban J connectivity index is 1.70. The van der Waals surface area contributed by atoms with E-state index >= 15 is 0 Å². The predicted octanol–water partition coefficient (Wildman–Crippen LogP) is 3.22. The minimum atomic E-state index is -0.459. The lowest BCUT2D eigenvalue weighted by molar-refractivity contribution is -0.118. The fourth-order valence-electron chi connectivity index (χ4n) is 4.57. The van der Waals surface area contributed by atoms with Gasteiger partial charge in [-0.05, 0) is 24.8 Å². The molecule has 0 bridgehead atoms. The summed E-state index contributed by atoms with van der Waals surface area (Å²) in [6.45, 7) is 2.15. The number of carbonyl (C=O) groups excluding carboxylic acids is 1. The maximum absolute atomic E-state index is 11.0. The summed E-state index contributed by atoms with van der Waals surface area (Å²) in [7, 11) is 0. The molecule has 1 aromatic rings. The third kappa shape index (κ3) is 4.76. The third-order valence-corrected chi connectivity index (χ3v) is 6.02. The van der Waals surface area contributed by atoms with E-state index in [9.17, 15) is 15.0 Å². The van der Waals surface area contributed by atoms with Crippen LogP contribution in [0.3, 0.4) is 0 Å². The monoisotopic (exact) mass is 387 g/mol. The van der Waals surface area contributed by atoms with Gasteiger partial charge in [0.2, 0.25) is 5.91 Å². The molecule has 5 heteroatoms. The number of aliphatic hydroxyl groups excluding tert-OH is 2. The summed E-state index contributed by atoms with van der Waals surface area (Å²) in [5, 5.41) is 20.8. The van der Waals surface area contributed by atoms with Crippen molar-refractivity contribution in [3.63, 3.8) is 0 Å². The van der Waals surface area contributed by atoms with E-state index in [0.717, 1.165) is 49.0 Å². The van der Waals surface area contributed by atoms with Gasteiger partial charge in [-0.25, -0.2) is 0 Å². The highest BCUT2D eigenvalue weighted by atomic mass is 16.5. The van der Waals surface area contributed by atoms with Crippen LogP contribution in [0.15, 0.2) is 30.4 Å². The molecule has 1 saturated carbocycles. The number of primary amides is 1. The normalized spacial score (nSPS) is 26.8. The van der Waals surface area contributed by atoms with Gasteiger partial charge in [0, 0.05) is 30.2 Å². The van der Waals surface area contributed by atoms with Crippen molar-refractivity contribution >= 4 is 5.91 Å². The predicted molar refractivity (Wildman–Crippen MR) is 109 cm³/mol. The molecule has 0 aromatic heterocycles. The molecule has 1 aliphatic heterocycles. The fourth-order valence-corrected chi connectivity index (χ4v) is 4.57. The highest BCUT2D eigenvalue weighted by Crippen LogP contribution is 2.52. The van der Waals surface area contributed by atoms with E-state index in [-0.39, 0.29) is 23.8 Å². The van der Waals surface area contributed by atoms with Gasteiger partial charge < -0.3 is 20.7 Å². The molecule has 1 fully saturated rings. The Morgan fingerprint density at radius 1 is 1.36 bits per heavy atom. The first-order chi connectivity index (χ1) is 13.5. The Morgan fingerprint density at radius 2 is 2.18 bits per heavy atom. The molecule has 154 valence electrons. The average Bonchev–Trinajstić information content (AvgIpc) is 3.15. The van der Waals surface area contributed by atoms with Crippen LogP contribution in [0.4, 0.5) is 0 Å². The number of amides is 1. The number of aliphatic hydroxyl groups is 2. The topological polar surface area (TPSA) is 92.8 Å². The molecule has 1 aromatic carbocycles. The number of hydrogen-bond donors (Lipinski definition) is 3. The second-order valence-corrected chi connectivity index (χ2v) is 8.17. The molecule has 5 nitrogen and oxygen atoms in total. The van der Waals surface area contributed by atoms with Crippen LogP contribution < -0.4 is 10.5 Å². The molecule has 0 saturated heterocycles. The molecular weight excluding hydrogens is 354 g/mol. The highest BCUT2D eigenvalue weighted by Gasteiger charge is 2.48. The molecule has 0 unspecified atom stereocenters. The molecule has 0 spiro atoms.